The zero-order valence-corrected chi connectivity index (χ0v) is 11.5. The van der Waals surface area contributed by atoms with Gasteiger partial charge in [-0.1, -0.05) is 25.5 Å². The third kappa shape index (κ3) is 2.83. The van der Waals surface area contributed by atoms with E-state index in [9.17, 15) is 0 Å². The van der Waals surface area contributed by atoms with Crippen LogP contribution in [0.15, 0.2) is 30.6 Å². The van der Waals surface area contributed by atoms with Crippen molar-refractivity contribution < 1.29 is 4.57 Å². The van der Waals surface area contributed by atoms with Crippen LogP contribution in [0.25, 0.3) is 11.0 Å². The Morgan fingerprint density at radius 1 is 1.24 bits per heavy atom. The molecular formula is C14H21N2S+. The first kappa shape index (κ1) is 12.5. The quantitative estimate of drug-likeness (QED) is 0.563. The molecule has 0 N–H and O–H groups in total. The molecule has 1 aromatic heterocycles. The van der Waals surface area contributed by atoms with Crippen molar-refractivity contribution in [2.75, 3.05) is 5.75 Å². The molecule has 0 spiro atoms. The molecule has 0 fully saturated rings. The minimum atomic E-state index is 1.03. The van der Waals surface area contributed by atoms with Gasteiger partial charge in [0, 0.05) is 0 Å². The summed E-state index contributed by atoms with van der Waals surface area (Å²) in [6.07, 6.45) is 4.84. The molecule has 0 bridgehead atoms. The molecule has 0 radical (unpaired) electrons. The number of aryl methyl sites for hydroxylation is 1. The summed E-state index contributed by atoms with van der Waals surface area (Å²) in [4.78, 5) is 0. The van der Waals surface area contributed by atoms with Crippen LogP contribution in [0.5, 0.6) is 0 Å². The van der Waals surface area contributed by atoms with Crippen molar-refractivity contribution in [3.8, 4) is 0 Å². The van der Waals surface area contributed by atoms with Crippen LogP contribution in [-0.4, -0.2) is 10.3 Å². The average molecular weight is 249 g/mol. The zero-order valence-electron chi connectivity index (χ0n) is 10.7. The normalized spacial score (nSPS) is 11.2. The number of hydrogen-bond donors (Lipinski definition) is 0. The number of aromatic nitrogens is 2. The van der Waals surface area contributed by atoms with Gasteiger partial charge in [0.25, 0.3) is 0 Å². The third-order valence-electron chi connectivity index (χ3n) is 2.99. The van der Waals surface area contributed by atoms with Gasteiger partial charge in [-0.05, 0) is 31.2 Å². The second-order valence-corrected chi connectivity index (χ2v) is 5.33. The molecule has 1 heterocycles. The minimum absolute atomic E-state index is 1.03. The van der Waals surface area contributed by atoms with Gasteiger partial charge in [-0.3, -0.25) is 0 Å². The highest BCUT2D eigenvalue weighted by Crippen LogP contribution is 2.12. The highest BCUT2D eigenvalue weighted by Gasteiger charge is 2.12. The fraction of sp³-hybridized carbons (Fsp3) is 0.500. The number of benzene rings is 1. The molecule has 17 heavy (non-hydrogen) atoms. The van der Waals surface area contributed by atoms with Crippen molar-refractivity contribution in [3.05, 3.63) is 30.6 Å². The second-order valence-electron chi connectivity index (χ2n) is 4.25. The Kier molecular flexibility index (Phi) is 4.49. The van der Waals surface area contributed by atoms with E-state index in [1.165, 1.54) is 29.6 Å². The number of para-hydroxylation sites is 2. The molecule has 0 amide bonds. The third-order valence-corrected chi connectivity index (χ3v) is 4.03. The van der Waals surface area contributed by atoms with Crippen LogP contribution in [0.3, 0.4) is 0 Å². The van der Waals surface area contributed by atoms with Crippen molar-refractivity contribution in [3.63, 3.8) is 0 Å². The molecule has 1 aromatic carbocycles. The van der Waals surface area contributed by atoms with Gasteiger partial charge in [0.2, 0.25) is 6.33 Å². The number of hydrogen-bond acceptors (Lipinski definition) is 1. The number of imidazole rings is 1. The molecule has 92 valence electrons. The van der Waals surface area contributed by atoms with Gasteiger partial charge in [0.15, 0.2) is 11.0 Å². The van der Waals surface area contributed by atoms with E-state index < -0.39 is 0 Å². The Hall–Kier alpha value is -0.960. The highest BCUT2D eigenvalue weighted by molar-refractivity contribution is 7.98. The van der Waals surface area contributed by atoms with E-state index in [4.69, 9.17) is 0 Å². The molecule has 0 saturated heterocycles. The van der Waals surface area contributed by atoms with Crippen LogP contribution in [-0.2, 0) is 12.4 Å². The Bertz CT molecular complexity index is 476. The van der Waals surface area contributed by atoms with Crippen molar-refractivity contribution in [2.45, 2.75) is 39.1 Å². The van der Waals surface area contributed by atoms with Gasteiger partial charge in [0.05, 0.1) is 6.54 Å². The molecule has 0 aliphatic rings. The lowest BCUT2D eigenvalue weighted by Gasteiger charge is -1.97. The highest BCUT2D eigenvalue weighted by atomic mass is 32.2. The van der Waals surface area contributed by atoms with E-state index in [0.717, 1.165) is 12.4 Å². The maximum absolute atomic E-state index is 2.36. The first-order valence-electron chi connectivity index (χ1n) is 6.41. The number of thioether (sulfide) groups is 1. The van der Waals surface area contributed by atoms with Gasteiger partial charge in [-0.15, -0.1) is 11.8 Å². The van der Waals surface area contributed by atoms with Crippen LogP contribution in [0.1, 0.15) is 26.7 Å². The molecule has 2 nitrogen and oxygen atoms in total. The molecule has 0 unspecified atom stereocenters. The average Bonchev–Trinajstić information content (AvgIpc) is 2.73. The SMILES string of the molecule is CCCCSC[n+]1cn(CC)c2ccccc21. The van der Waals surface area contributed by atoms with E-state index in [1.54, 1.807) is 0 Å². The molecule has 0 aliphatic carbocycles. The standard InChI is InChI=1S/C14H21N2S/c1-3-5-10-17-12-16-11-15(4-2)13-8-6-7-9-14(13)16/h6-9,11H,3-5,10,12H2,1-2H3/q+1. The number of fused-ring (bicyclic) bond motifs is 1. The minimum Gasteiger partial charge on any atom is -0.230 e. The first-order valence-corrected chi connectivity index (χ1v) is 7.57. The number of unbranched alkanes of at least 4 members (excludes halogenated alkanes) is 1. The van der Waals surface area contributed by atoms with E-state index in [1.807, 2.05) is 11.8 Å². The van der Waals surface area contributed by atoms with Crippen LogP contribution >= 0.6 is 11.8 Å². The predicted molar refractivity (Wildman–Crippen MR) is 75.2 cm³/mol. The summed E-state index contributed by atoms with van der Waals surface area (Å²) in [6, 6.07) is 8.65. The van der Waals surface area contributed by atoms with E-state index in [-0.39, 0.29) is 0 Å². The van der Waals surface area contributed by atoms with Gasteiger partial charge >= 0.3 is 0 Å². The van der Waals surface area contributed by atoms with E-state index in [0.29, 0.717) is 0 Å². The molecular weight excluding hydrogens is 228 g/mol. The predicted octanol–water partition coefficient (Wildman–Crippen LogP) is 3.44. The maximum atomic E-state index is 2.36. The van der Waals surface area contributed by atoms with Crippen LogP contribution in [0, 0.1) is 0 Å². The second kappa shape index (κ2) is 6.10. The van der Waals surface area contributed by atoms with Gasteiger partial charge in [-0.25, -0.2) is 9.13 Å². The summed E-state index contributed by atoms with van der Waals surface area (Å²) in [5.74, 6) is 2.32. The van der Waals surface area contributed by atoms with Crippen molar-refractivity contribution in [1.82, 2.24) is 4.57 Å². The van der Waals surface area contributed by atoms with Gasteiger partial charge in [0.1, 0.15) is 5.88 Å². The molecule has 0 atom stereocenters. The molecule has 3 heteroatoms. The summed E-state index contributed by atoms with van der Waals surface area (Å²) in [6.45, 7) is 5.48. The van der Waals surface area contributed by atoms with Crippen LogP contribution < -0.4 is 4.57 Å². The van der Waals surface area contributed by atoms with Gasteiger partial charge < -0.3 is 0 Å². The maximum Gasteiger partial charge on any atom is 0.245 e. The Morgan fingerprint density at radius 2 is 2.06 bits per heavy atom. The van der Waals surface area contributed by atoms with Crippen LogP contribution in [0.4, 0.5) is 0 Å². The summed E-state index contributed by atoms with van der Waals surface area (Å²) in [5, 5.41) is 0. The fourth-order valence-corrected chi connectivity index (χ4v) is 3.03. The lowest BCUT2D eigenvalue weighted by molar-refractivity contribution is -0.650. The molecule has 2 rings (SSSR count). The molecule has 2 aromatic rings. The van der Waals surface area contributed by atoms with E-state index in [2.05, 4.69) is 53.6 Å². The van der Waals surface area contributed by atoms with E-state index >= 15 is 0 Å². The lowest BCUT2D eigenvalue weighted by Crippen LogP contribution is -2.30. The Morgan fingerprint density at radius 3 is 2.82 bits per heavy atom. The van der Waals surface area contributed by atoms with Gasteiger partial charge in [-0.2, -0.15) is 0 Å². The molecule has 0 aliphatic heterocycles. The topological polar surface area (TPSA) is 8.81 Å². The monoisotopic (exact) mass is 249 g/mol. The van der Waals surface area contributed by atoms with Crippen molar-refractivity contribution in [2.24, 2.45) is 0 Å². The lowest BCUT2D eigenvalue weighted by atomic mass is 10.3. The summed E-state index contributed by atoms with van der Waals surface area (Å²) in [5.41, 5.74) is 2.68. The number of nitrogens with zero attached hydrogens (tertiary/aromatic N) is 2. The largest absolute Gasteiger partial charge is 0.245 e. The van der Waals surface area contributed by atoms with Crippen molar-refractivity contribution >= 4 is 22.8 Å². The Labute approximate surface area is 108 Å². The number of rotatable bonds is 6. The molecule has 0 saturated carbocycles. The summed E-state index contributed by atoms with van der Waals surface area (Å²) < 4.78 is 4.68. The summed E-state index contributed by atoms with van der Waals surface area (Å²) in [7, 11) is 0. The summed E-state index contributed by atoms with van der Waals surface area (Å²) >= 11 is 2.02. The smallest absolute Gasteiger partial charge is 0.230 e. The Balaban J connectivity index is 2.16. The zero-order chi connectivity index (χ0) is 12.1. The first-order chi connectivity index (χ1) is 8.36. The van der Waals surface area contributed by atoms with Crippen LogP contribution in [0.2, 0.25) is 0 Å². The fourth-order valence-electron chi connectivity index (χ4n) is 2.01. The van der Waals surface area contributed by atoms with Crippen molar-refractivity contribution in [1.29, 1.82) is 0 Å².